The van der Waals surface area contributed by atoms with Gasteiger partial charge >= 0.3 is 0 Å². The van der Waals surface area contributed by atoms with Crippen molar-refractivity contribution in [3.8, 4) is 0 Å². The van der Waals surface area contributed by atoms with Crippen LogP contribution in [0, 0.1) is 10.1 Å². The minimum atomic E-state index is -1.50. The van der Waals surface area contributed by atoms with Crippen molar-refractivity contribution in [1.29, 1.82) is 0 Å². The zero-order valence-corrected chi connectivity index (χ0v) is 7.04. The summed E-state index contributed by atoms with van der Waals surface area (Å²) in [6.07, 6.45) is 6.14. The predicted molar refractivity (Wildman–Crippen MR) is 40.1 cm³/mol. The average Bonchev–Trinajstić information content (AvgIpc) is 2.34. The van der Waals surface area contributed by atoms with Crippen molar-refractivity contribution in [1.82, 2.24) is 4.57 Å². The Morgan fingerprint density at radius 1 is 1.75 bits per heavy atom. The van der Waals surface area contributed by atoms with Crippen LogP contribution in [0.3, 0.4) is 0 Å². The molecule has 0 spiro atoms. The molecular weight excluding hydrogens is 162 g/mol. The normalized spacial score (nSPS) is 8.50. The third-order valence-corrected chi connectivity index (χ3v) is 1.19. The summed E-state index contributed by atoms with van der Waals surface area (Å²) in [6.45, 7) is 3.18. The molecule has 1 rings (SSSR count). The number of rotatable bonds is 1. The Balaban J connectivity index is 0.000000261. The topological polar surface area (TPSA) is 72.2 Å². The molecule has 0 radical (unpaired) electrons. The van der Waals surface area contributed by atoms with Gasteiger partial charge in [-0.15, -0.1) is 10.1 Å². The summed E-state index contributed by atoms with van der Waals surface area (Å²) in [7, 11) is 2.02. The molecule has 0 unspecified atom stereocenters. The van der Waals surface area contributed by atoms with Crippen LogP contribution >= 0.6 is 0 Å². The van der Waals surface area contributed by atoms with Gasteiger partial charge in [-0.05, 0) is 6.92 Å². The fourth-order valence-electron chi connectivity index (χ4n) is 0.689. The van der Waals surface area contributed by atoms with Gasteiger partial charge in [-0.25, -0.2) is 9.13 Å². The standard InChI is InChI=1S/C6H11N2.HNO3/c1-3-8-5-4-7(2)6-8;2-1(3)4/h4-6H,3H2,1-2H3;(H,2,3,4)/q+1;. The third kappa shape index (κ3) is 5.21. The van der Waals surface area contributed by atoms with Gasteiger partial charge in [0.25, 0.3) is 5.09 Å². The van der Waals surface area contributed by atoms with E-state index in [1.54, 1.807) is 0 Å². The van der Waals surface area contributed by atoms with E-state index in [2.05, 4.69) is 24.0 Å². The molecule has 1 aromatic heterocycles. The summed E-state index contributed by atoms with van der Waals surface area (Å²) in [5.41, 5.74) is 0. The summed E-state index contributed by atoms with van der Waals surface area (Å²) in [5, 5.41) is 13.6. The molecule has 6 nitrogen and oxygen atoms in total. The van der Waals surface area contributed by atoms with Gasteiger partial charge in [0.1, 0.15) is 12.4 Å². The van der Waals surface area contributed by atoms with E-state index in [0.717, 1.165) is 6.54 Å². The molecule has 12 heavy (non-hydrogen) atoms. The zero-order valence-electron chi connectivity index (χ0n) is 7.04. The van der Waals surface area contributed by atoms with Crippen LogP contribution in [0.25, 0.3) is 0 Å². The van der Waals surface area contributed by atoms with Gasteiger partial charge in [-0.1, -0.05) is 0 Å². The fraction of sp³-hybridized carbons (Fsp3) is 0.500. The van der Waals surface area contributed by atoms with E-state index in [4.69, 9.17) is 15.3 Å². The molecule has 0 amide bonds. The average molecular weight is 174 g/mol. The summed E-state index contributed by atoms with van der Waals surface area (Å²) in [6, 6.07) is 0. The van der Waals surface area contributed by atoms with Crippen LogP contribution in [0.1, 0.15) is 6.92 Å². The van der Waals surface area contributed by atoms with Crippen LogP contribution in [0.15, 0.2) is 18.7 Å². The second kappa shape index (κ2) is 5.11. The van der Waals surface area contributed by atoms with Crippen molar-refractivity contribution in [3.63, 3.8) is 0 Å². The molecule has 0 aliphatic heterocycles. The molecule has 0 fully saturated rings. The van der Waals surface area contributed by atoms with Crippen molar-refractivity contribution < 1.29 is 14.9 Å². The van der Waals surface area contributed by atoms with Gasteiger partial charge in [0.2, 0.25) is 6.33 Å². The van der Waals surface area contributed by atoms with E-state index in [1.807, 2.05) is 17.8 Å². The number of aromatic nitrogens is 2. The van der Waals surface area contributed by atoms with Gasteiger partial charge in [0.15, 0.2) is 0 Å². The van der Waals surface area contributed by atoms with E-state index >= 15 is 0 Å². The maximum absolute atomic E-state index is 8.36. The van der Waals surface area contributed by atoms with Gasteiger partial charge in [0.05, 0.1) is 13.6 Å². The molecule has 0 aliphatic carbocycles. The minimum absolute atomic E-state index is 1.06. The molecule has 1 heterocycles. The van der Waals surface area contributed by atoms with Gasteiger partial charge in [-0.3, -0.25) is 0 Å². The highest BCUT2D eigenvalue weighted by Gasteiger charge is 1.92. The first kappa shape index (κ1) is 10.4. The fourth-order valence-corrected chi connectivity index (χ4v) is 0.689. The van der Waals surface area contributed by atoms with E-state index in [9.17, 15) is 0 Å². The maximum atomic E-state index is 8.36. The quantitative estimate of drug-likeness (QED) is 0.369. The number of nitrogens with zero attached hydrogens (tertiary/aromatic N) is 3. The minimum Gasteiger partial charge on any atom is -0.328 e. The summed E-state index contributed by atoms with van der Waals surface area (Å²) in [4.78, 5) is 8.36. The van der Waals surface area contributed by atoms with Crippen LogP contribution in [-0.4, -0.2) is 14.9 Å². The molecule has 0 atom stereocenters. The Kier molecular flexibility index (Phi) is 4.43. The van der Waals surface area contributed by atoms with Crippen molar-refractivity contribution >= 4 is 0 Å². The molecule has 68 valence electrons. The molecule has 1 aromatic rings. The monoisotopic (exact) mass is 174 g/mol. The molecule has 0 aliphatic rings. The van der Waals surface area contributed by atoms with Crippen molar-refractivity contribution in [2.24, 2.45) is 7.05 Å². The number of hydrogen-bond donors (Lipinski definition) is 1. The first-order valence-corrected chi connectivity index (χ1v) is 3.40. The Bertz CT molecular complexity index is 242. The van der Waals surface area contributed by atoms with Crippen molar-refractivity contribution in [2.75, 3.05) is 0 Å². The van der Waals surface area contributed by atoms with E-state index < -0.39 is 5.09 Å². The molecule has 6 heteroatoms. The highest BCUT2D eigenvalue weighted by atomic mass is 16.9. The number of imidazole rings is 1. The van der Waals surface area contributed by atoms with Crippen molar-refractivity contribution in [3.05, 3.63) is 28.8 Å². The highest BCUT2D eigenvalue weighted by Crippen LogP contribution is 1.79. The van der Waals surface area contributed by atoms with Crippen LogP contribution in [0.5, 0.6) is 0 Å². The second-order valence-electron chi connectivity index (χ2n) is 2.15. The summed E-state index contributed by atoms with van der Waals surface area (Å²) >= 11 is 0. The van der Waals surface area contributed by atoms with Crippen molar-refractivity contribution in [2.45, 2.75) is 13.5 Å². The Hall–Kier alpha value is -1.59. The van der Waals surface area contributed by atoms with E-state index in [1.165, 1.54) is 0 Å². The maximum Gasteiger partial charge on any atom is 0.291 e. The Morgan fingerprint density at radius 3 is 2.42 bits per heavy atom. The third-order valence-electron chi connectivity index (χ3n) is 1.19. The van der Waals surface area contributed by atoms with Gasteiger partial charge in [-0.2, -0.15) is 0 Å². The lowest BCUT2D eigenvalue weighted by Crippen LogP contribution is -2.23. The lowest BCUT2D eigenvalue weighted by atomic mass is 10.7. The molecule has 0 saturated heterocycles. The Labute approximate surface area is 69.8 Å². The lowest BCUT2D eigenvalue weighted by Gasteiger charge is -1.81. The number of aryl methyl sites for hydroxylation is 2. The summed E-state index contributed by atoms with van der Waals surface area (Å²) < 4.78 is 4.16. The Morgan fingerprint density at radius 2 is 2.25 bits per heavy atom. The van der Waals surface area contributed by atoms with Gasteiger partial charge in [0, 0.05) is 0 Å². The molecule has 0 bridgehead atoms. The van der Waals surface area contributed by atoms with E-state index in [0.29, 0.717) is 0 Å². The van der Waals surface area contributed by atoms with Crippen LogP contribution in [-0.2, 0) is 13.6 Å². The molecular formula is C6H12N3O3+. The molecule has 1 N–H and O–H groups in total. The second-order valence-corrected chi connectivity index (χ2v) is 2.15. The highest BCUT2D eigenvalue weighted by molar-refractivity contribution is 4.63. The molecule has 0 saturated carbocycles. The largest absolute Gasteiger partial charge is 0.328 e. The van der Waals surface area contributed by atoms with Crippen LogP contribution < -0.4 is 4.57 Å². The zero-order chi connectivity index (χ0) is 9.56. The van der Waals surface area contributed by atoms with Crippen LogP contribution in [0.4, 0.5) is 0 Å². The number of hydrogen-bond acceptors (Lipinski definition) is 2. The SMILES string of the molecule is CCn1cc[n+](C)c1.O=[N+]([O-])O. The van der Waals surface area contributed by atoms with E-state index in [-0.39, 0.29) is 0 Å². The predicted octanol–water partition coefficient (Wildman–Crippen LogP) is -0.0152. The lowest BCUT2D eigenvalue weighted by molar-refractivity contribution is -0.742. The molecule has 0 aromatic carbocycles. The summed E-state index contributed by atoms with van der Waals surface area (Å²) in [5.74, 6) is 0. The smallest absolute Gasteiger partial charge is 0.291 e. The first-order chi connectivity index (χ1) is 5.56. The first-order valence-electron chi connectivity index (χ1n) is 3.40. The van der Waals surface area contributed by atoms with Gasteiger partial charge < -0.3 is 5.21 Å². The van der Waals surface area contributed by atoms with Crippen LogP contribution in [0.2, 0.25) is 0 Å².